The van der Waals surface area contributed by atoms with Crippen LogP contribution < -0.4 is 20.1 Å². The van der Waals surface area contributed by atoms with Gasteiger partial charge in [0.2, 0.25) is 5.91 Å². The summed E-state index contributed by atoms with van der Waals surface area (Å²) in [5.74, 6) is 0.669. The topological polar surface area (TPSA) is 94.5 Å². The maximum atomic E-state index is 13.2. The Balaban J connectivity index is 1.81. The summed E-state index contributed by atoms with van der Waals surface area (Å²) in [4.78, 5) is 26.2. The van der Waals surface area contributed by atoms with Gasteiger partial charge in [0.15, 0.2) is 11.5 Å². The van der Waals surface area contributed by atoms with Crippen LogP contribution in [0.1, 0.15) is 38.7 Å². The Bertz CT molecular complexity index is 1200. The zero-order valence-electron chi connectivity index (χ0n) is 18.7. The number of nitrogens with zero attached hydrogens (tertiary/aromatic N) is 2. The Morgan fingerprint density at radius 2 is 1.84 bits per heavy atom. The lowest BCUT2D eigenvalue weighted by atomic mass is 9.81. The molecule has 32 heavy (non-hydrogen) atoms. The van der Waals surface area contributed by atoms with Crippen LogP contribution in [0, 0.1) is 13.8 Å². The van der Waals surface area contributed by atoms with E-state index in [9.17, 15) is 9.59 Å². The van der Waals surface area contributed by atoms with E-state index in [0.717, 1.165) is 22.4 Å². The van der Waals surface area contributed by atoms with Crippen molar-refractivity contribution < 1.29 is 19.1 Å². The number of rotatable bonds is 5. The molecule has 0 bridgehead atoms. The zero-order valence-corrected chi connectivity index (χ0v) is 18.7. The maximum Gasteiger partial charge on any atom is 0.251 e. The predicted octanol–water partition coefficient (Wildman–Crippen LogP) is 2.94. The van der Waals surface area contributed by atoms with E-state index in [4.69, 9.17) is 9.47 Å². The fourth-order valence-corrected chi connectivity index (χ4v) is 4.27. The molecule has 0 aliphatic carbocycles. The highest BCUT2D eigenvalue weighted by atomic mass is 16.5. The number of benzene rings is 2. The van der Waals surface area contributed by atoms with Crippen molar-refractivity contribution in [2.75, 3.05) is 19.5 Å². The van der Waals surface area contributed by atoms with Crippen LogP contribution >= 0.6 is 0 Å². The molecule has 0 fully saturated rings. The van der Waals surface area contributed by atoms with Gasteiger partial charge >= 0.3 is 0 Å². The molecule has 166 valence electrons. The third kappa shape index (κ3) is 3.68. The Morgan fingerprint density at radius 3 is 2.53 bits per heavy atom. The van der Waals surface area contributed by atoms with E-state index in [1.165, 1.54) is 0 Å². The number of carbonyl (C=O) groups is 2. The minimum atomic E-state index is -0.837. The van der Waals surface area contributed by atoms with Crippen molar-refractivity contribution in [2.24, 2.45) is 7.05 Å². The average Bonchev–Trinajstić information content (AvgIpc) is 3.06. The summed E-state index contributed by atoms with van der Waals surface area (Å²) in [5, 5.41) is 10.3. The summed E-state index contributed by atoms with van der Waals surface area (Å²) in [6.07, 6.45) is 0. The second-order valence-corrected chi connectivity index (χ2v) is 7.87. The van der Waals surface area contributed by atoms with E-state index < -0.39 is 12.0 Å². The number of amides is 2. The van der Waals surface area contributed by atoms with Gasteiger partial charge in [-0.25, -0.2) is 0 Å². The van der Waals surface area contributed by atoms with E-state index in [-0.39, 0.29) is 11.8 Å². The van der Waals surface area contributed by atoms with Crippen LogP contribution in [0.2, 0.25) is 0 Å². The van der Waals surface area contributed by atoms with Gasteiger partial charge in [0.1, 0.15) is 11.9 Å². The minimum Gasteiger partial charge on any atom is -0.493 e. The first kappa shape index (κ1) is 21.4. The van der Waals surface area contributed by atoms with Crippen molar-refractivity contribution in [1.29, 1.82) is 0 Å². The Hall–Kier alpha value is -3.81. The van der Waals surface area contributed by atoms with Gasteiger partial charge in [-0.1, -0.05) is 23.8 Å². The number of anilines is 1. The van der Waals surface area contributed by atoms with Crippen molar-refractivity contribution in [3.05, 3.63) is 70.4 Å². The summed E-state index contributed by atoms with van der Waals surface area (Å²) in [6.45, 7) is 3.81. The molecule has 2 N–H and O–H groups in total. The van der Waals surface area contributed by atoms with E-state index >= 15 is 0 Å². The van der Waals surface area contributed by atoms with E-state index in [2.05, 4.69) is 15.7 Å². The molecule has 1 aromatic heterocycles. The molecule has 8 nitrogen and oxygen atoms in total. The highest BCUT2D eigenvalue weighted by molar-refractivity contribution is 6.04. The van der Waals surface area contributed by atoms with Crippen molar-refractivity contribution >= 4 is 17.6 Å². The number of methoxy groups -OCH3 is 2. The Morgan fingerprint density at radius 1 is 1.09 bits per heavy atom. The summed E-state index contributed by atoms with van der Waals surface area (Å²) in [7, 11) is 4.91. The molecule has 1 aliphatic heterocycles. The molecule has 0 radical (unpaired) electrons. The molecule has 0 saturated heterocycles. The minimum absolute atomic E-state index is 0.304. The molecule has 3 aromatic rings. The number of carbonyl (C=O) groups excluding carboxylic acids is 2. The van der Waals surface area contributed by atoms with Crippen LogP contribution in [0.5, 0.6) is 11.5 Å². The molecule has 0 saturated carbocycles. The molecule has 0 spiro atoms. The third-order valence-corrected chi connectivity index (χ3v) is 5.77. The molecule has 0 unspecified atom stereocenters. The van der Waals surface area contributed by atoms with Gasteiger partial charge in [0, 0.05) is 24.1 Å². The van der Waals surface area contributed by atoms with Crippen LogP contribution in [0.25, 0.3) is 0 Å². The molecular weight excluding hydrogens is 408 g/mol. The smallest absolute Gasteiger partial charge is 0.251 e. The lowest BCUT2D eigenvalue weighted by Gasteiger charge is -2.33. The van der Waals surface area contributed by atoms with Crippen molar-refractivity contribution in [1.82, 2.24) is 15.1 Å². The fraction of sp³-hybridized carbons (Fsp3) is 0.292. The maximum absolute atomic E-state index is 13.2. The highest BCUT2D eigenvalue weighted by Crippen LogP contribution is 2.41. The molecule has 2 heterocycles. The van der Waals surface area contributed by atoms with Gasteiger partial charge in [0.25, 0.3) is 5.91 Å². The molecular formula is C24H26N4O4. The quantitative estimate of drug-likeness (QED) is 0.644. The lowest BCUT2D eigenvalue weighted by Crippen LogP contribution is -2.50. The van der Waals surface area contributed by atoms with Crippen LogP contribution in [0.15, 0.2) is 42.5 Å². The van der Waals surface area contributed by atoms with Crippen LogP contribution in [-0.4, -0.2) is 41.9 Å². The van der Waals surface area contributed by atoms with Crippen molar-refractivity contribution in [3.8, 4) is 11.5 Å². The molecule has 8 heteroatoms. The summed E-state index contributed by atoms with van der Waals surface area (Å²) < 4.78 is 12.5. The van der Waals surface area contributed by atoms with Crippen LogP contribution in [0.4, 0.5) is 5.82 Å². The first-order chi connectivity index (χ1) is 15.3. The monoisotopic (exact) mass is 434 g/mol. The first-order valence-electron chi connectivity index (χ1n) is 10.3. The van der Waals surface area contributed by atoms with Crippen LogP contribution in [-0.2, 0) is 11.8 Å². The Labute approximate surface area is 186 Å². The Kier molecular flexibility index (Phi) is 5.61. The van der Waals surface area contributed by atoms with E-state index in [0.29, 0.717) is 22.9 Å². The van der Waals surface area contributed by atoms with Gasteiger partial charge in [-0.05, 0) is 43.7 Å². The van der Waals surface area contributed by atoms with Gasteiger partial charge in [-0.3, -0.25) is 14.3 Å². The summed E-state index contributed by atoms with van der Waals surface area (Å²) in [5.41, 5.74) is 3.90. The van der Waals surface area contributed by atoms with Crippen LogP contribution in [0.3, 0.4) is 0 Å². The third-order valence-electron chi connectivity index (χ3n) is 5.77. The van der Waals surface area contributed by atoms with Gasteiger partial charge in [-0.15, -0.1) is 0 Å². The van der Waals surface area contributed by atoms with Gasteiger partial charge in [0.05, 0.1) is 19.9 Å². The second-order valence-electron chi connectivity index (χ2n) is 7.87. The molecule has 2 aromatic carbocycles. The molecule has 4 rings (SSSR count). The van der Waals surface area contributed by atoms with Crippen molar-refractivity contribution in [2.45, 2.75) is 25.8 Å². The molecule has 1 aliphatic rings. The number of nitrogens with one attached hydrogen (secondary N) is 2. The van der Waals surface area contributed by atoms with Gasteiger partial charge < -0.3 is 20.1 Å². The summed E-state index contributed by atoms with van der Waals surface area (Å²) >= 11 is 0. The standard InChI is InChI=1S/C24H26N4O4/c1-13-7-6-8-16(11-13)23(29)25-21-20(15-9-10-17(31-4)18(12-15)32-5)19-14(2)27-28(3)22(19)26-24(21)30/h6-12,20-21H,1-5H3,(H,25,29)(H,26,30)/t20-,21+/m1/s1. The zero-order chi connectivity index (χ0) is 23.0. The average molecular weight is 434 g/mol. The number of aryl methyl sites for hydroxylation is 3. The number of hydrogen-bond donors (Lipinski definition) is 2. The number of aromatic nitrogens is 2. The summed E-state index contributed by atoms with van der Waals surface area (Å²) in [6, 6.07) is 11.9. The molecule has 2 atom stereocenters. The second kappa shape index (κ2) is 8.37. The first-order valence-corrected chi connectivity index (χ1v) is 10.3. The fourth-order valence-electron chi connectivity index (χ4n) is 4.27. The SMILES string of the molecule is COc1ccc([C@@H]2c3c(C)nn(C)c3NC(=O)[C@H]2NC(=O)c2cccc(C)c2)cc1OC. The number of ether oxygens (including phenoxy) is 2. The number of hydrogen-bond acceptors (Lipinski definition) is 5. The largest absolute Gasteiger partial charge is 0.493 e. The lowest BCUT2D eigenvalue weighted by molar-refractivity contribution is -0.118. The van der Waals surface area contributed by atoms with E-state index in [1.54, 1.807) is 44.1 Å². The van der Waals surface area contributed by atoms with E-state index in [1.807, 2.05) is 38.1 Å². The predicted molar refractivity (Wildman–Crippen MR) is 120 cm³/mol. The highest BCUT2D eigenvalue weighted by Gasteiger charge is 2.41. The van der Waals surface area contributed by atoms with Gasteiger partial charge in [-0.2, -0.15) is 5.10 Å². The number of fused-ring (bicyclic) bond motifs is 1. The molecule has 2 amide bonds. The normalized spacial score (nSPS) is 17.3. The van der Waals surface area contributed by atoms with Crippen molar-refractivity contribution in [3.63, 3.8) is 0 Å².